The van der Waals surface area contributed by atoms with Gasteiger partial charge in [-0.25, -0.2) is 0 Å². The topological polar surface area (TPSA) is 174 Å². The molecule has 10 heteroatoms. The minimum Gasteiger partial charge on any atom is -0.510 e. The Morgan fingerprint density at radius 3 is 2.27 bits per heavy atom. The number of likely N-dealkylation sites (N-methyl/N-ethyl adjacent to an activating group) is 1. The third kappa shape index (κ3) is 4.20. The van der Waals surface area contributed by atoms with E-state index in [0.717, 1.165) is 16.8 Å². The van der Waals surface area contributed by atoms with Crippen LogP contribution in [0.15, 0.2) is 47.2 Å². The number of carbonyl (C=O) groups is 2. The van der Waals surface area contributed by atoms with Gasteiger partial charge in [-0.05, 0) is 80.6 Å². The quantitative estimate of drug-likeness (QED) is 0.319. The first-order chi connectivity index (χ1) is 19.2. The van der Waals surface area contributed by atoms with Crippen LogP contribution in [0.2, 0.25) is 0 Å². The highest BCUT2D eigenvalue weighted by atomic mass is 16.3. The Kier molecular flexibility index (Phi) is 6.92. The molecule has 0 radical (unpaired) electrons. The van der Waals surface area contributed by atoms with Gasteiger partial charge in [-0.2, -0.15) is 0 Å². The number of allylic oxidation sites excluding steroid dienone is 1. The van der Waals surface area contributed by atoms with Crippen molar-refractivity contribution in [2.45, 2.75) is 38.0 Å². The van der Waals surface area contributed by atoms with Crippen LogP contribution in [0.25, 0.3) is 16.9 Å². The van der Waals surface area contributed by atoms with Gasteiger partial charge in [-0.1, -0.05) is 12.1 Å². The highest BCUT2D eigenvalue weighted by Gasteiger charge is 2.60. The van der Waals surface area contributed by atoms with Gasteiger partial charge in [0.2, 0.25) is 0 Å². The fourth-order valence-corrected chi connectivity index (χ4v) is 7.36. The number of nitrogens with zero attached hydrogens (tertiary/aromatic N) is 2. The van der Waals surface area contributed by atoms with Gasteiger partial charge < -0.3 is 36.8 Å². The molecule has 218 valence electrons. The number of amides is 1. The van der Waals surface area contributed by atoms with Crippen LogP contribution in [0.4, 0.5) is 5.69 Å². The third-order valence-corrected chi connectivity index (χ3v) is 9.14. The molecule has 0 aliphatic heterocycles. The average molecular weight is 563 g/mol. The minimum atomic E-state index is -2.07. The third-order valence-electron chi connectivity index (χ3n) is 9.14. The highest BCUT2D eigenvalue weighted by Crippen LogP contribution is 2.55. The van der Waals surface area contributed by atoms with Crippen LogP contribution in [-0.4, -0.2) is 76.9 Å². The van der Waals surface area contributed by atoms with E-state index in [1.807, 2.05) is 49.3 Å². The lowest BCUT2D eigenvalue weighted by Gasteiger charge is -2.52. The molecule has 41 heavy (non-hydrogen) atoms. The van der Waals surface area contributed by atoms with Crippen LogP contribution in [0.1, 0.15) is 30.0 Å². The molecule has 5 atom stereocenters. The molecule has 0 saturated heterocycles. The summed E-state index contributed by atoms with van der Waals surface area (Å²) in [5.74, 6) is -4.62. The van der Waals surface area contributed by atoms with Crippen LogP contribution in [0, 0.1) is 17.8 Å². The van der Waals surface area contributed by atoms with Crippen molar-refractivity contribution in [1.29, 1.82) is 0 Å². The zero-order chi connectivity index (χ0) is 30.1. The summed E-state index contributed by atoms with van der Waals surface area (Å²) in [5, 5.41) is 45.6. The van der Waals surface area contributed by atoms with Crippen molar-refractivity contribution >= 4 is 23.1 Å². The fourth-order valence-electron chi connectivity index (χ4n) is 7.36. The van der Waals surface area contributed by atoms with E-state index in [4.69, 9.17) is 11.5 Å². The van der Waals surface area contributed by atoms with Crippen LogP contribution in [-0.2, 0) is 22.6 Å². The summed E-state index contributed by atoms with van der Waals surface area (Å²) >= 11 is 0. The number of phenolic OH excluding ortho intramolecular Hbond substituents is 1. The number of carbonyl (C=O) groups excluding carboxylic acids is 2. The Balaban J connectivity index is 1.72. The van der Waals surface area contributed by atoms with Crippen molar-refractivity contribution in [1.82, 2.24) is 4.90 Å². The largest absolute Gasteiger partial charge is 0.510 e. The molecule has 3 aliphatic carbocycles. The maximum atomic E-state index is 14.2. The van der Waals surface area contributed by atoms with Gasteiger partial charge in [0.25, 0.3) is 5.91 Å². The number of nitrogens with two attached hydrogens (primary N) is 2. The maximum Gasteiger partial charge on any atom is 0.251 e. The van der Waals surface area contributed by atoms with Gasteiger partial charge in [0.05, 0.1) is 23.1 Å². The van der Waals surface area contributed by atoms with E-state index in [1.165, 1.54) is 6.92 Å². The summed E-state index contributed by atoms with van der Waals surface area (Å²) < 4.78 is 0. The molecule has 10 nitrogen and oxygen atoms in total. The van der Waals surface area contributed by atoms with Crippen molar-refractivity contribution in [3.63, 3.8) is 0 Å². The lowest BCUT2D eigenvalue weighted by atomic mass is 9.55. The number of ketones is 1. The number of rotatable bonds is 5. The zero-order valence-electron chi connectivity index (χ0n) is 24.0. The van der Waals surface area contributed by atoms with Crippen molar-refractivity contribution in [3.8, 4) is 16.9 Å². The smallest absolute Gasteiger partial charge is 0.251 e. The lowest BCUT2D eigenvalue weighted by molar-refractivity contribution is -0.139. The summed E-state index contributed by atoms with van der Waals surface area (Å²) in [7, 11) is 7.35. The number of fused-ring (bicyclic) bond motifs is 3. The van der Waals surface area contributed by atoms with Gasteiger partial charge >= 0.3 is 0 Å². The van der Waals surface area contributed by atoms with Gasteiger partial charge in [0.1, 0.15) is 22.9 Å². The Bertz CT molecular complexity index is 1510. The van der Waals surface area contributed by atoms with Gasteiger partial charge in [-0.3, -0.25) is 14.5 Å². The van der Waals surface area contributed by atoms with E-state index in [9.17, 15) is 30.0 Å². The van der Waals surface area contributed by atoms with E-state index in [0.29, 0.717) is 24.0 Å². The van der Waals surface area contributed by atoms with Crippen molar-refractivity contribution in [2.75, 3.05) is 33.1 Å². The second kappa shape index (κ2) is 9.90. The zero-order valence-corrected chi connectivity index (χ0v) is 24.0. The molecule has 2 aromatic rings. The summed E-state index contributed by atoms with van der Waals surface area (Å²) in [6.45, 7) is 1.32. The monoisotopic (exact) mass is 562 g/mol. The number of Topliss-reactive ketones (excluding diaryl/α,β-unsaturated/α-hetero) is 1. The molecule has 0 bridgehead atoms. The predicted molar refractivity (Wildman–Crippen MR) is 156 cm³/mol. The molecule has 1 fully saturated rings. The standard InChI is InChI=1S/C31H38N4O6/c1-31(41)23-20(25(35(4)5)29(39)24(31)30(33)40)11-15-10-19-18(14-6-8-17(9-7-14)34(2)3)12-16(13-32)26(36)22(19)27(37)21(15)28(23)38/h6-9,12,15,20,23,25,36-37,39,41H,10-11,13,32H2,1-5H3,(H2,33,40)/t15?,20?,23?,25-,31?/m0/s1. The number of benzene rings is 2. The lowest BCUT2D eigenvalue weighted by Crippen LogP contribution is -2.61. The van der Waals surface area contributed by atoms with E-state index in [-0.39, 0.29) is 34.9 Å². The fraction of sp³-hybridized carbons (Fsp3) is 0.419. The number of aliphatic hydroxyl groups excluding tert-OH is 2. The van der Waals surface area contributed by atoms with E-state index in [1.54, 1.807) is 19.0 Å². The summed E-state index contributed by atoms with van der Waals surface area (Å²) in [6, 6.07) is 8.97. The normalized spacial score (nSPS) is 27.5. The molecule has 0 heterocycles. The first kappa shape index (κ1) is 28.7. The average Bonchev–Trinajstić information content (AvgIpc) is 2.87. The molecule has 8 N–H and O–H groups in total. The SMILES string of the molecule is CN(C)c1ccc(-c2cc(CN)c(O)c3c2CC2CC4C(C(=O)C2=C3O)C(C)(O)C(C(N)=O)=C(O)[C@H]4N(C)C)cc1. The number of hydrogen-bond acceptors (Lipinski definition) is 9. The van der Waals surface area contributed by atoms with Gasteiger partial charge in [0, 0.05) is 37.5 Å². The first-order valence-corrected chi connectivity index (χ1v) is 13.7. The van der Waals surface area contributed by atoms with E-state index in [2.05, 4.69) is 0 Å². The van der Waals surface area contributed by atoms with Crippen LogP contribution < -0.4 is 16.4 Å². The van der Waals surface area contributed by atoms with Crippen molar-refractivity contribution in [3.05, 3.63) is 63.9 Å². The van der Waals surface area contributed by atoms with E-state index >= 15 is 0 Å². The number of anilines is 1. The van der Waals surface area contributed by atoms with Crippen molar-refractivity contribution < 1.29 is 30.0 Å². The number of aromatic hydroxyl groups is 1. The molecule has 1 saturated carbocycles. The Hall–Kier alpha value is -3.86. The second-order valence-corrected chi connectivity index (χ2v) is 12.0. The summed E-state index contributed by atoms with van der Waals surface area (Å²) in [5.41, 5.74) is 13.1. The Labute approximate surface area is 239 Å². The maximum absolute atomic E-state index is 14.2. The van der Waals surface area contributed by atoms with Crippen LogP contribution >= 0.6 is 0 Å². The van der Waals surface area contributed by atoms with E-state index < -0.39 is 46.7 Å². The minimum absolute atomic E-state index is 0.0118. The van der Waals surface area contributed by atoms with Crippen molar-refractivity contribution in [2.24, 2.45) is 29.2 Å². The molecule has 4 unspecified atom stereocenters. The second-order valence-electron chi connectivity index (χ2n) is 12.0. The number of phenols is 1. The van der Waals surface area contributed by atoms with Crippen LogP contribution in [0.3, 0.4) is 0 Å². The molecule has 2 aromatic carbocycles. The Morgan fingerprint density at radius 2 is 1.73 bits per heavy atom. The molecular weight excluding hydrogens is 524 g/mol. The molecule has 0 aromatic heterocycles. The number of hydrogen-bond donors (Lipinski definition) is 6. The highest BCUT2D eigenvalue weighted by molar-refractivity contribution is 6.08. The van der Waals surface area contributed by atoms with Crippen LogP contribution in [0.5, 0.6) is 5.75 Å². The summed E-state index contributed by atoms with van der Waals surface area (Å²) in [6.07, 6.45) is 0.672. The number of primary amides is 1. The number of aliphatic hydroxyl groups is 3. The summed E-state index contributed by atoms with van der Waals surface area (Å²) in [4.78, 5) is 30.3. The van der Waals surface area contributed by atoms with Gasteiger partial charge in [-0.15, -0.1) is 0 Å². The molecule has 1 amide bonds. The molecule has 3 aliphatic rings. The first-order valence-electron chi connectivity index (χ1n) is 13.7. The molecule has 0 spiro atoms. The molecular formula is C31H38N4O6. The molecule has 5 rings (SSSR count). The Morgan fingerprint density at radius 1 is 1.10 bits per heavy atom. The predicted octanol–water partition coefficient (Wildman–Crippen LogP) is 2.22. The van der Waals surface area contributed by atoms with Gasteiger partial charge in [0.15, 0.2) is 5.78 Å².